The first kappa shape index (κ1) is 11.7. The van der Waals surface area contributed by atoms with Gasteiger partial charge in [0.25, 0.3) is 0 Å². The molecule has 2 bridgehead atoms. The maximum Gasteiger partial charge on any atom is 0.119 e. The third-order valence-corrected chi connectivity index (χ3v) is 3.48. The van der Waals surface area contributed by atoms with Gasteiger partial charge in [0.2, 0.25) is 0 Å². The van der Waals surface area contributed by atoms with E-state index < -0.39 is 0 Å². The highest BCUT2D eigenvalue weighted by atomic mass is 35.5. The Morgan fingerprint density at radius 3 is 2.25 bits per heavy atom. The van der Waals surface area contributed by atoms with Gasteiger partial charge in [-0.3, -0.25) is 0 Å². The molecule has 0 aromatic heterocycles. The van der Waals surface area contributed by atoms with E-state index in [2.05, 4.69) is 5.32 Å². The van der Waals surface area contributed by atoms with Crippen molar-refractivity contribution in [1.82, 2.24) is 5.32 Å². The molecule has 2 aliphatic heterocycles. The predicted octanol–water partition coefficient (Wildman–Crippen LogP) is 2.77. The van der Waals surface area contributed by atoms with Crippen LogP contribution >= 0.6 is 12.4 Å². The molecule has 1 aromatic rings. The summed E-state index contributed by atoms with van der Waals surface area (Å²) in [5, 5.41) is 3.63. The zero-order valence-electron chi connectivity index (χ0n) is 9.26. The van der Waals surface area contributed by atoms with Gasteiger partial charge in [0.05, 0.1) is 0 Å². The minimum absolute atomic E-state index is 0. The molecular formula is C13H18ClNO. The minimum atomic E-state index is 0. The van der Waals surface area contributed by atoms with Crippen LogP contribution in [0.25, 0.3) is 0 Å². The summed E-state index contributed by atoms with van der Waals surface area (Å²) in [6.45, 7) is 0. The van der Waals surface area contributed by atoms with Crippen LogP contribution in [0.1, 0.15) is 25.7 Å². The van der Waals surface area contributed by atoms with E-state index in [-0.39, 0.29) is 12.4 Å². The highest BCUT2D eigenvalue weighted by Crippen LogP contribution is 2.29. The minimum Gasteiger partial charge on any atom is -0.490 e. The number of hydrogen-bond acceptors (Lipinski definition) is 2. The first-order valence-corrected chi connectivity index (χ1v) is 5.88. The molecule has 2 nitrogen and oxygen atoms in total. The van der Waals surface area contributed by atoms with E-state index in [0.717, 1.165) is 5.75 Å². The summed E-state index contributed by atoms with van der Waals surface area (Å²) in [5.74, 6) is 1.02. The fraction of sp³-hybridized carbons (Fsp3) is 0.538. The standard InChI is InChI=1S/C13H17NO.ClH/c1-2-4-12(5-3-1)15-13-8-10-6-7-11(9-13)14-10;/h1-5,10-11,13-14H,6-9H2;1H. The number of fused-ring (bicyclic) bond motifs is 2. The zero-order chi connectivity index (χ0) is 10.1. The largest absolute Gasteiger partial charge is 0.490 e. The Balaban J connectivity index is 0.000000963. The third-order valence-electron chi connectivity index (χ3n) is 3.48. The molecule has 2 unspecified atom stereocenters. The van der Waals surface area contributed by atoms with Gasteiger partial charge in [-0.25, -0.2) is 0 Å². The Morgan fingerprint density at radius 1 is 1.00 bits per heavy atom. The van der Waals surface area contributed by atoms with Crippen LogP contribution in [-0.2, 0) is 0 Å². The van der Waals surface area contributed by atoms with Crippen LogP contribution in [0.5, 0.6) is 5.75 Å². The van der Waals surface area contributed by atoms with Crippen molar-refractivity contribution in [1.29, 1.82) is 0 Å². The van der Waals surface area contributed by atoms with Gasteiger partial charge in [-0.2, -0.15) is 0 Å². The number of halogens is 1. The molecule has 0 spiro atoms. The molecule has 1 aromatic carbocycles. The van der Waals surface area contributed by atoms with E-state index in [1.54, 1.807) is 0 Å². The highest BCUT2D eigenvalue weighted by Gasteiger charge is 2.34. The Bertz CT molecular complexity index is 318. The van der Waals surface area contributed by atoms with E-state index in [1.807, 2.05) is 30.3 Å². The SMILES string of the molecule is Cl.c1ccc(OC2CC3CCC(C2)N3)cc1. The third kappa shape index (κ3) is 2.50. The van der Waals surface area contributed by atoms with Crippen molar-refractivity contribution in [2.24, 2.45) is 0 Å². The van der Waals surface area contributed by atoms with Crippen LogP contribution in [0, 0.1) is 0 Å². The molecule has 3 heteroatoms. The van der Waals surface area contributed by atoms with Crippen LogP contribution < -0.4 is 10.1 Å². The lowest BCUT2D eigenvalue weighted by molar-refractivity contribution is 0.137. The molecule has 2 atom stereocenters. The Hall–Kier alpha value is -0.730. The van der Waals surface area contributed by atoms with E-state index in [0.29, 0.717) is 18.2 Å². The van der Waals surface area contributed by atoms with E-state index in [4.69, 9.17) is 4.74 Å². The van der Waals surface area contributed by atoms with Crippen LogP contribution in [0.15, 0.2) is 30.3 Å². The first-order chi connectivity index (χ1) is 7.40. The van der Waals surface area contributed by atoms with Gasteiger partial charge in [0.15, 0.2) is 0 Å². The van der Waals surface area contributed by atoms with Crippen LogP contribution in [0.3, 0.4) is 0 Å². The summed E-state index contributed by atoms with van der Waals surface area (Å²) in [5.41, 5.74) is 0. The topological polar surface area (TPSA) is 21.3 Å². The maximum absolute atomic E-state index is 6.00. The quantitative estimate of drug-likeness (QED) is 0.857. The summed E-state index contributed by atoms with van der Waals surface area (Å²) < 4.78 is 6.00. The summed E-state index contributed by atoms with van der Waals surface area (Å²) in [6.07, 6.45) is 5.43. The molecule has 16 heavy (non-hydrogen) atoms. The molecular weight excluding hydrogens is 222 g/mol. The second-order valence-corrected chi connectivity index (χ2v) is 4.66. The van der Waals surface area contributed by atoms with Crippen molar-refractivity contribution in [2.45, 2.75) is 43.9 Å². The van der Waals surface area contributed by atoms with Crippen LogP contribution in [-0.4, -0.2) is 18.2 Å². The second kappa shape index (κ2) is 5.07. The molecule has 3 rings (SSSR count). The number of rotatable bonds is 2. The summed E-state index contributed by atoms with van der Waals surface area (Å²) in [6, 6.07) is 11.6. The second-order valence-electron chi connectivity index (χ2n) is 4.66. The number of ether oxygens (including phenoxy) is 1. The van der Waals surface area contributed by atoms with Gasteiger partial charge in [-0.1, -0.05) is 18.2 Å². The van der Waals surface area contributed by atoms with Gasteiger partial charge in [-0.05, 0) is 37.8 Å². The summed E-state index contributed by atoms with van der Waals surface area (Å²) >= 11 is 0. The highest BCUT2D eigenvalue weighted by molar-refractivity contribution is 5.85. The fourth-order valence-corrected chi connectivity index (χ4v) is 2.79. The number of nitrogens with one attached hydrogen (secondary N) is 1. The van der Waals surface area contributed by atoms with Crippen molar-refractivity contribution in [3.63, 3.8) is 0 Å². The van der Waals surface area contributed by atoms with E-state index >= 15 is 0 Å². The van der Waals surface area contributed by atoms with Gasteiger partial charge in [0, 0.05) is 12.1 Å². The van der Waals surface area contributed by atoms with Crippen molar-refractivity contribution >= 4 is 12.4 Å². The Kier molecular flexibility index (Phi) is 3.72. The molecule has 1 N–H and O–H groups in total. The monoisotopic (exact) mass is 239 g/mol. The lowest BCUT2D eigenvalue weighted by Gasteiger charge is -2.29. The lowest BCUT2D eigenvalue weighted by atomic mass is 10.0. The first-order valence-electron chi connectivity index (χ1n) is 5.88. The maximum atomic E-state index is 6.00. The zero-order valence-corrected chi connectivity index (χ0v) is 10.1. The molecule has 2 fully saturated rings. The van der Waals surface area contributed by atoms with Crippen molar-refractivity contribution in [3.8, 4) is 5.75 Å². The molecule has 0 aliphatic carbocycles. The van der Waals surface area contributed by atoms with Crippen molar-refractivity contribution in [3.05, 3.63) is 30.3 Å². The number of benzene rings is 1. The average Bonchev–Trinajstić information content (AvgIpc) is 2.60. The van der Waals surface area contributed by atoms with Gasteiger partial charge in [-0.15, -0.1) is 12.4 Å². The van der Waals surface area contributed by atoms with Crippen molar-refractivity contribution in [2.75, 3.05) is 0 Å². The predicted molar refractivity (Wildman–Crippen MR) is 67.3 cm³/mol. The number of para-hydroxylation sites is 1. The molecule has 2 heterocycles. The smallest absolute Gasteiger partial charge is 0.119 e. The van der Waals surface area contributed by atoms with Crippen molar-refractivity contribution < 1.29 is 4.74 Å². The van der Waals surface area contributed by atoms with E-state index in [9.17, 15) is 0 Å². The molecule has 2 aliphatic rings. The normalized spacial score (nSPS) is 31.9. The van der Waals surface area contributed by atoms with Gasteiger partial charge in [0.1, 0.15) is 11.9 Å². The molecule has 0 radical (unpaired) electrons. The van der Waals surface area contributed by atoms with Gasteiger partial charge < -0.3 is 10.1 Å². The molecule has 2 saturated heterocycles. The number of hydrogen-bond donors (Lipinski definition) is 1. The Labute approximate surface area is 103 Å². The fourth-order valence-electron chi connectivity index (χ4n) is 2.79. The van der Waals surface area contributed by atoms with Gasteiger partial charge >= 0.3 is 0 Å². The van der Waals surface area contributed by atoms with Crippen LogP contribution in [0.4, 0.5) is 0 Å². The molecule has 88 valence electrons. The molecule has 0 saturated carbocycles. The van der Waals surface area contributed by atoms with E-state index in [1.165, 1.54) is 25.7 Å². The summed E-state index contributed by atoms with van der Waals surface area (Å²) in [4.78, 5) is 0. The molecule has 0 amide bonds. The van der Waals surface area contributed by atoms with Crippen LogP contribution in [0.2, 0.25) is 0 Å². The average molecular weight is 240 g/mol. The lowest BCUT2D eigenvalue weighted by Crippen LogP contribution is -2.42. The number of piperidine rings is 1. The Morgan fingerprint density at radius 2 is 1.62 bits per heavy atom. The summed E-state index contributed by atoms with van der Waals surface area (Å²) in [7, 11) is 0.